The average Bonchev–Trinajstić information content (AvgIpc) is 2.99. The zero-order valence-corrected chi connectivity index (χ0v) is 20.6. The molecule has 1 aromatic heterocycles. The standard InChI is InChI=1S/C25H28N2O3S2/c1-15(2)12-20(23(29)30)27-22(28)21(32-24(27)31)13-19-11-8-17(14-26-19)16-6-9-18(10-7-16)25(3,4)5/h6-11,13-15,20H,12H2,1-5H3,(H,29,30)/t20-/m0/s1. The molecule has 2 heterocycles. The number of hydrogen-bond acceptors (Lipinski definition) is 5. The molecule has 1 aliphatic rings. The molecule has 0 saturated carbocycles. The molecule has 0 aliphatic carbocycles. The third-order valence-electron chi connectivity index (χ3n) is 5.26. The van der Waals surface area contributed by atoms with Crippen LogP contribution in [-0.4, -0.2) is 37.2 Å². The van der Waals surface area contributed by atoms with Gasteiger partial charge in [0.05, 0.1) is 10.6 Å². The molecule has 0 unspecified atom stereocenters. The number of thioether (sulfide) groups is 1. The van der Waals surface area contributed by atoms with Gasteiger partial charge in [-0.05, 0) is 41.0 Å². The van der Waals surface area contributed by atoms with Crippen molar-refractivity contribution in [1.29, 1.82) is 0 Å². The molecule has 0 spiro atoms. The number of carbonyl (C=O) groups excluding carboxylic acids is 1. The van der Waals surface area contributed by atoms with E-state index in [1.165, 1.54) is 10.5 Å². The summed E-state index contributed by atoms with van der Waals surface area (Å²) in [4.78, 5) is 30.7. The van der Waals surface area contributed by atoms with E-state index in [9.17, 15) is 14.7 Å². The third-order valence-corrected chi connectivity index (χ3v) is 6.59. The van der Waals surface area contributed by atoms with E-state index in [0.717, 1.165) is 22.9 Å². The van der Waals surface area contributed by atoms with Crippen LogP contribution in [0.4, 0.5) is 0 Å². The summed E-state index contributed by atoms with van der Waals surface area (Å²) in [6.07, 6.45) is 3.79. The van der Waals surface area contributed by atoms with Crippen molar-refractivity contribution in [2.45, 2.75) is 52.5 Å². The topological polar surface area (TPSA) is 70.5 Å². The Kier molecular flexibility index (Phi) is 7.20. The predicted molar refractivity (Wildman–Crippen MR) is 134 cm³/mol. The van der Waals surface area contributed by atoms with Crippen LogP contribution < -0.4 is 0 Å². The van der Waals surface area contributed by atoms with Gasteiger partial charge in [0.25, 0.3) is 5.91 Å². The Morgan fingerprint density at radius 1 is 1.16 bits per heavy atom. The van der Waals surface area contributed by atoms with Gasteiger partial charge in [-0.25, -0.2) is 4.79 Å². The lowest BCUT2D eigenvalue weighted by Gasteiger charge is -2.24. The van der Waals surface area contributed by atoms with Gasteiger partial charge in [0.2, 0.25) is 0 Å². The first-order valence-corrected chi connectivity index (χ1v) is 11.8. The van der Waals surface area contributed by atoms with Gasteiger partial charge in [-0.3, -0.25) is 14.7 Å². The van der Waals surface area contributed by atoms with E-state index < -0.39 is 12.0 Å². The first-order valence-electron chi connectivity index (χ1n) is 10.5. The molecule has 1 aromatic carbocycles. The maximum atomic E-state index is 12.9. The minimum Gasteiger partial charge on any atom is -0.480 e. The zero-order chi connectivity index (χ0) is 23.6. The van der Waals surface area contributed by atoms with Crippen LogP contribution in [-0.2, 0) is 15.0 Å². The van der Waals surface area contributed by atoms with Gasteiger partial charge in [0, 0.05) is 11.8 Å². The summed E-state index contributed by atoms with van der Waals surface area (Å²) in [7, 11) is 0. The molecule has 1 aliphatic heterocycles. The van der Waals surface area contributed by atoms with E-state index in [-0.39, 0.29) is 21.6 Å². The quantitative estimate of drug-likeness (QED) is 0.430. The Balaban J connectivity index is 1.80. The number of aromatic nitrogens is 1. The van der Waals surface area contributed by atoms with E-state index in [4.69, 9.17) is 12.2 Å². The van der Waals surface area contributed by atoms with E-state index >= 15 is 0 Å². The second-order valence-electron chi connectivity index (χ2n) is 9.33. The number of pyridine rings is 1. The predicted octanol–water partition coefficient (Wildman–Crippen LogP) is 5.75. The maximum absolute atomic E-state index is 12.9. The first-order chi connectivity index (χ1) is 15.0. The highest BCUT2D eigenvalue weighted by Gasteiger charge is 2.40. The molecule has 1 saturated heterocycles. The summed E-state index contributed by atoms with van der Waals surface area (Å²) < 4.78 is 0.268. The number of carboxylic acids is 1. The van der Waals surface area contributed by atoms with Crippen molar-refractivity contribution < 1.29 is 14.7 Å². The highest BCUT2D eigenvalue weighted by Crippen LogP contribution is 2.35. The first kappa shape index (κ1) is 24.1. The summed E-state index contributed by atoms with van der Waals surface area (Å²) >= 11 is 6.44. The van der Waals surface area contributed by atoms with Crippen LogP contribution in [0.15, 0.2) is 47.5 Å². The highest BCUT2D eigenvalue weighted by molar-refractivity contribution is 8.26. The number of thiocarbonyl (C=S) groups is 1. The number of hydrogen-bond donors (Lipinski definition) is 1. The molecular weight excluding hydrogens is 440 g/mol. The summed E-state index contributed by atoms with van der Waals surface area (Å²) in [5.74, 6) is -1.30. The van der Waals surface area contributed by atoms with E-state index in [1.807, 2.05) is 26.0 Å². The molecular formula is C25H28N2O3S2. The number of carbonyl (C=O) groups is 2. The lowest BCUT2D eigenvalue weighted by atomic mass is 9.86. The largest absolute Gasteiger partial charge is 0.480 e. The third kappa shape index (κ3) is 5.45. The number of benzene rings is 1. The van der Waals surface area contributed by atoms with Crippen LogP contribution in [0.5, 0.6) is 0 Å². The molecule has 1 fully saturated rings. The van der Waals surface area contributed by atoms with E-state index in [0.29, 0.717) is 17.0 Å². The van der Waals surface area contributed by atoms with Crippen LogP contribution in [0, 0.1) is 5.92 Å². The van der Waals surface area contributed by atoms with Crippen molar-refractivity contribution in [2.24, 2.45) is 5.92 Å². The Hall–Kier alpha value is -2.51. The molecule has 0 bridgehead atoms. The highest BCUT2D eigenvalue weighted by atomic mass is 32.2. The van der Waals surface area contributed by atoms with Gasteiger partial charge >= 0.3 is 5.97 Å². The average molecular weight is 469 g/mol. The Morgan fingerprint density at radius 3 is 2.28 bits per heavy atom. The Bertz CT molecular complexity index is 1050. The minimum absolute atomic E-state index is 0.0988. The van der Waals surface area contributed by atoms with Crippen molar-refractivity contribution in [3.8, 4) is 11.1 Å². The van der Waals surface area contributed by atoms with Crippen molar-refractivity contribution in [3.05, 3.63) is 58.8 Å². The second kappa shape index (κ2) is 9.55. The monoisotopic (exact) mass is 468 g/mol. The number of amides is 1. The molecule has 0 radical (unpaired) electrons. The Labute approximate surface area is 198 Å². The normalized spacial score (nSPS) is 16.8. The van der Waals surface area contributed by atoms with Crippen molar-refractivity contribution in [3.63, 3.8) is 0 Å². The molecule has 168 valence electrons. The lowest BCUT2D eigenvalue weighted by molar-refractivity contribution is -0.145. The Morgan fingerprint density at radius 2 is 1.78 bits per heavy atom. The molecule has 3 rings (SSSR count). The van der Waals surface area contributed by atoms with Crippen LogP contribution in [0.3, 0.4) is 0 Å². The summed E-state index contributed by atoms with van der Waals surface area (Å²) in [6, 6.07) is 11.3. The molecule has 32 heavy (non-hydrogen) atoms. The number of carboxylic acid groups (broad SMARTS) is 1. The van der Waals surface area contributed by atoms with Crippen LogP contribution in [0.1, 0.15) is 52.3 Å². The molecule has 1 amide bonds. The summed E-state index contributed by atoms with van der Waals surface area (Å²) in [5.41, 5.74) is 4.04. The van der Waals surface area contributed by atoms with Gasteiger partial charge in [-0.2, -0.15) is 0 Å². The van der Waals surface area contributed by atoms with Crippen molar-refractivity contribution >= 4 is 46.3 Å². The summed E-state index contributed by atoms with van der Waals surface area (Å²) in [5, 5.41) is 9.60. The molecule has 5 nitrogen and oxygen atoms in total. The number of aliphatic carboxylic acids is 1. The SMILES string of the molecule is CC(C)C[C@@H](C(=O)O)N1C(=O)C(=Cc2ccc(-c3ccc(C(C)(C)C)cc3)cn2)SC1=S. The number of nitrogens with zero attached hydrogens (tertiary/aromatic N) is 2. The van der Waals surface area contributed by atoms with E-state index in [2.05, 4.69) is 50.0 Å². The maximum Gasteiger partial charge on any atom is 0.326 e. The molecule has 1 atom stereocenters. The van der Waals surface area contributed by atoms with Crippen LogP contribution in [0.2, 0.25) is 0 Å². The van der Waals surface area contributed by atoms with Gasteiger partial charge < -0.3 is 5.11 Å². The van der Waals surface area contributed by atoms with Crippen molar-refractivity contribution in [2.75, 3.05) is 0 Å². The minimum atomic E-state index is -1.05. The van der Waals surface area contributed by atoms with Crippen LogP contribution >= 0.6 is 24.0 Å². The zero-order valence-electron chi connectivity index (χ0n) is 19.0. The van der Waals surface area contributed by atoms with Gasteiger partial charge in [0.15, 0.2) is 0 Å². The molecule has 7 heteroatoms. The van der Waals surface area contributed by atoms with Gasteiger partial charge in [-0.1, -0.05) is 88.9 Å². The second-order valence-corrected chi connectivity index (χ2v) is 11.0. The van der Waals surface area contributed by atoms with Crippen molar-refractivity contribution in [1.82, 2.24) is 9.88 Å². The van der Waals surface area contributed by atoms with Gasteiger partial charge in [-0.15, -0.1) is 0 Å². The van der Waals surface area contributed by atoms with Crippen LogP contribution in [0.25, 0.3) is 17.2 Å². The summed E-state index contributed by atoms with van der Waals surface area (Å²) in [6.45, 7) is 10.4. The van der Waals surface area contributed by atoms with Gasteiger partial charge in [0.1, 0.15) is 10.4 Å². The number of rotatable bonds is 6. The lowest BCUT2D eigenvalue weighted by Crippen LogP contribution is -2.44. The fraction of sp³-hybridized carbons (Fsp3) is 0.360. The molecule has 1 N–H and O–H groups in total. The fourth-order valence-corrected chi connectivity index (χ4v) is 4.81. The molecule has 2 aromatic rings. The van der Waals surface area contributed by atoms with E-state index in [1.54, 1.807) is 12.3 Å². The fourth-order valence-electron chi connectivity index (χ4n) is 3.47. The smallest absolute Gasteiger partial charge is 0.326 e.